The van der Waals surface area contributed by atoms with Crippen molar-refractivity contribution in [1.82, 2.24) is 0 Å². The van der Waals surface area contributed by atoms with Gasteiger partial charge in [0.15, 0.2) is 0 Å². The van der Waals surface area contributed by atoms with E-state index in [9.17, 15) is 4.79 Å². The Hall–Kier alpha value is -0.610. The van der Waals surface area contributed by atoms with Crippen LogP contribution in [0.5, 0.6) is 0 Å². The molecule has 0 aliphatic heterocycles. The predicted octanol–water partition coefficient (Wildman–Crippen LogP) is -1.22. The summed E-state index contributed by atoms with van der Waals surface area (Å²) in [7, 11) is 0. The zero-order valence-electron chi connectivity index (χ0n) is 4.37. The van der Waals surface area contributed by atoms with E-state index in [1.807, 2.05) is 0 Å². The molecule has 0 unspecified atom stereocenters. The van der Waals surface area contributed by atoms with Gasteiger partial charge in [0.1, 0.15) is 0 Å². The molecule has 4 N–H and O–H groups in total. The lowest BCUT2D eigenvalue weighted by atomic mass is 10.3. The lowest BCUT2D eigenvalue weighted by molar-refractivity contribution is -0.139. The van der Waals surface area contributed by atoms with E-state index < -0.39 is 12.1 Å². The third-order valence-corrected chi connectivity index (χ3v) is 0.682. The molecule has 0 heterocycles. The molecule has 0 fully saturated rings. The van der Waals surface area contributed by atoms with Gasteiger partial charge in [-0.3, -0.25) is 4.79 Å². The van der Waals surface area contributed by atoms with Crippen LogP contribution in [0, 0.1) is 0 Å². The van der Waals surface area contributed by atoms with Crippen LogP contribution in [0.15, 0.2) is 0 Å². The number of carboxylic acid groups (broad SMARTS) is 1. The van der Waals surface area contributed by atoms with E-state index in [1.165, 1.54) is 0 Å². The minimum absolute atomic E-state index is 0.00625. The van der Waals surface area contributed by atoms with E-state index in [0.29, 0.717) is 0 Å². The number of aliphatic hydroxyl groups is 1. The summed E-state index contributed by atoms with van der Waals surface area (Å²) < 4.78 is 0. The van der Waals surface area contributed by atoms with E-state index >= 15 is 0 Å². The first-order valence-electron chi connectivity index (χ1n) is 2.26. The smallest absolute Gasteiger partial charge is 0.306 e. The van der Waals surface area contributed by atoms with Gasteiger partial charge in [-0.25, -0.2) is 0 Å². The Morgan fingerprint density at radius 2 is 2.25 bits per heavy atom. The van der Waals surface area contributed by atoms with E-state index in [-0.39, 0.29) is 13.0 Å². The summed E-state index contributed by atoms with van der Waals surface area (Å²) in [5.41, 5.74) is 4.91. The molecule has 0 aliphatic carbocycles. The van der Waals surface area contributed by atoms with Crippen molar-refractivity contribution in [2.45, 2.75) is 12.5 Å². The highest BCUT2D eigenvalue weighted by molar-refractivity contribution is 5.67. The number of hydrogen-bond acceptors (Lipinski definition) is 3. The van der Waals surface area contributed by atoms with Gasteiger partial charge < -0.3 is 15.9 Å². The number of aliphatic carboxylic acids is 1. The molecule has 0 aliphatic rings. The molecule has 0 aromatic rings. The second kappa shape index (κ2) is 3.40. The molecule has 0 aromatic carbocycles. The van der Waals surface area contributed by atoms with Gasteiger partial charge in [0.25, 0.3) is 0 Å². The maximum Gasteiger partial charge on any atom is 0.306 e. The summed E-state index contributed by atoms with van der Waals surface area (Å²) in [6.45, 7) is 0.00625. The van der Waals surface area contributed by atoms with Crippen LogP contribution in [0.1, 0.15) is 6.42 Å². The lowest BCUT2D eigenvalue weighted by Crippen LogP contribution is -2.22. The van der Waals surface area contributed by atoms with Crippen LogP contribution in [-0.4, -0.2) is 28.8 Å². The van der Waals surface area contributed by atoms with E-state index in [1.54, 1.807) is 0 Å². The SMILES string of the molecule is NC[C@@H](O)CC(=O)O. The first-order chi connectivity index (χ1) is 3.66. The monoisotopic (exact) mass is 119 g/mol. The average molecular weight is 119 g/mol. The number of rotatable bonds is 3. The molecule has 0 amide bonds. The molecule has 4 heteroatoms. The van der Waals surface area contributed by atoms with E-state index in [4.69, 9.17) is 15.9 Å². The van der Waals surface area contributed by atoms with Crippen LogP contribution in [0.4, 0.5) is 0 Å². The quantitative estimate of drug-likeness (QED) is 0.435. The fourth-order valence-electron chi connectivity index (χ4n) is 0.285. The number of hydrogen-bond donors (Lipinski definition) is 3. The summed E-state index contributed by atoms with van der Waals surface area (Å²) in [6, 6.07) is 0. The third-order valence-electron chi connectivity index (χ3n) is 0.682. The maximum atomic E-state index is 9.75. The second-order valence-corrected chi connectivity index (χ2v) is 1.49. The van der Waals surface area contributed by atoms with Crippen molar-refractivity contribution in [3.05, 3.63) is 0 Å². The standard InChI is InChI=1S/C4H9NO3/c5-2-3(6)1-4(7)8/h3,6H,1-2,5H2,(H,7,8)/t3-/m0/s1. The predicted molar refractivity (Wildman–Crippen MR) is 27.3 cm³/mol. The fourth-order valence-corrected chi connectivity index (χ4v) is 0.285. The first kappa shape index (κ1) is 7.39. The van der Waals surface area contributed by atoms with Crippen LogP contribution >= 0.6 is 0 Å². The van der Waals surface area contributed by atoms with Crippen LogP contribution in [0.3, 0.4) is 0 Å². The van der Waals surface area contributed by atoms with Crippen LogP contribution in [0.25, 0.3) is 0 Å². The Morgan fingerprint density at radius 3 is 2.38 bits per heavy atom. The second-order valence-electron chi connectivity index (χ2n) is 1.49. The van der Waals surface area contributed by atoms with Crippen molar-refractivity contribution in [2.75, 3.05) is 6.54 Å². The highest BCUT2D eigenvalue weighted by Gasteiger charge is 2.04. The van der Waals surface area contributed by atoms with Crippen LogP contribution in [0.2, 0.25) is 0 Å². The minimum Gasteiger partial charge on any atom is -0.481 e. The highest BCUT2D eigenvalue weighted by atomic mass is 16.4. The molecule has 8 heavy (non-hydrogen) atoms. The van der Waals surface area contributed by atoms with Gasteiger partial charge in [-0.05, 0) is 0 Å². The van der Waals surface area contributed by atoms with Gasteiger partial charge in [0, 0.05) is 6.54 Å². The van der Waals surface area contributed by atoms with Crippen LogP contribution < -0.4 is 5.73 Å². The van der Waals surface area contributed by atoms with Gasteiger partial charge in [-0.15, -0.1) is 0 Å². The molecule has 0 spiro atoms. The first-order valence-corrected chi connectivity index (χ1v) is 2.26. The van der Waals surface area contributed by atoms with Crippen molar-refractivity contribution in [3.63, 3.8) is 0 Å². The molecule has 0 bridgehead atoms. The van der Waals surface area contributed by atoms with Gasteiger partial charge in [-0.2, -0.15) is 0 Å². The normalized spacial score (nSPS) is 13.2. The van der Waals surface area contributed by atoms with Crippen molar-refractivity contribution >= 4 is 5.97 Å². The Balaban J connectivity index is 3.24. The average Bonchev–Trinajstić information content (AvgIpc) is 1.65. The third kappa shape index (κ3) is 3.58. The highest BCUT2D eigenvalue weighted by Crippen LogP contribution is 1.85. The van der Waals surface area contributed by atoms with Crippen molar-refractivity contribution in [1.29, 1.82) is 0 Å². The number of carboxylic acids is 1. The summed E-state index contributed by atoms with van der Waals surface area (Å²) in [4.78, 5) is 9.75. The summed E-state index contributed by atoms with van der Waals surface area (Å²) in [6.07, 6.45) is -1.16. The molecule has 0 rings (SSSR count). The number of aliphatic hydroxyl groups excluding tert-OH is 1. The summed E-state index contributed by atoms with van der Waals surface area (Å²) in [5, 5.41) is 16.5. The molecule has 0 saturated heterocycles. The van der Waals surface area contributed by atoms with Crippen molar-refractivity contribution < 1.29 is 15.0 Å². The molecule has 0 radical (unpaired) electrons. The Morgan fingerprint density at radius 1 is 1.75 bits per heavy atom. The number of nitrogens with two attached hydrogens (primary N) is 1. The summed E-state index contributed by atoms with van der Waals surface area (Å²) in [5.74, 6) is -1.03. The van der Waals surface area contributed by atoms with E-state index in [2.05, 4.69) is 0 Å². The molecule has 4 nitrogen and oxygen atoms in total. The Labute approximate surface area is 46.9 Å². The van der Waals surface area contributed by atoms with Gasteiger partial charge in [0.2, 0.25) is 0 Å². The van der Waals surface area contributed by atoms with E-state index in [0.717, 1.165) is 0 Å². The fraction of sp³-hybridized carbons (Fsp3) is 0.750. The zero-order chi connectivity index (χ0) is 6.57. The van der Waals surface area contributed by atoms with Crippen molar-refractivity contribution in [3.8, 4) is 0 Å². The molecule has 0 aromatic heterocycles. The molecule has 0 saturated carbocycles. The Kier molecular flexibility index (Phi) is 3.14. The maximum absolute atomic E-state index is 9.75. The van der Waals surface area contributed by atoms with Gasteiger partial charge in [-0.1, -0.05) is 0 Å². The molecule has 48 valence electrons. The van der Waals surface area contributed by atoms with Gasteiger partial charge in [0.05, 0.1) is 12.5 Å². The van der Waals surface area contributed by atoms with Gasteiger partial charge >= 0.3 is 5.97 Å². The minimum atomic E-state index is -1.03. The molecule has 1 atom stereocenters. The topological polar surface area (TPSA) is 83.5 Å². The molecular weight excluding hydrogens is 110 g/mol. The lowest BCUT2D eigenvalue weighted by Gasteiger charge is -2.00. The van der Waals surface area contributed by atoms with Crippen LogP contribution in [-0.2, 0) is 4.79 Å². The Bertz CT molecular complexity index is 83.4. The van der Waals surface area contributed by atoms with Crippen molar-refractivity contribution in [2.24, 2.45) is 5.73 Å². The zero-order valence-corrected chi connectivity index (χ0v) is 4.37. The largest absolute Gasteiger partial charge is 0.481 e. The molecular formula is C4H9NO3. The number of carbonyl (C=O) groups is 1. The summed E-state index contributed by atoms with van der Waals surface area (Å²) >= 11 is 0.